The first-order valence-electron chi connectivity index (χ1n) is 8.35. The van der Waals surface area contributed by atoms with Crippen LogP contribution in [-0.4, -0.2) is 30.6 Å². The number of carbonyl (C=O) groups is 2. The predicted molar refractivity (Wildman–Crippen MR) is 93.0 cm³/mol. The van der Waals surface area contributed by atoms with Gasteiger partial charge in [-0.3, -0.25) is 9.59 Å². The first-order valence-corrected chi connectivity index (χ1v) is 8.35. The minimum atomic E-state index is -0.556. The molecule has 1 aromatic heterocycles. The molecule has 0 aliphatic carbocycles. The summed E-state index contributed by atoms with van der Waals surface area (Å²) in [5.41, 5.74) is 7.46. The van der Waals surface area contributed by atoms with Gasteiger partial charge in [-0.05, 0) is 26.7 Å². The van der Waals surface area contributed by atoms with Crippen LogP contribution in [0.5, 0.6) is 0 Å². The number of furan rings is 1. The number of carbonyl (C=O) groups excluding carboxylic acids is 2. The monoisotopic (exact) mass is 342 g/mol. The SMILES string of the molecule is Cc1oc(-c2ccccc2)c(C(=O)NC[C@@H]2CC[C@@H](C(N)=O)O2)c1C. The smallest absolute Gasteiger partial charge is 0.255 e. The van der Waals surface area contributed by atoms with Gasteiger partial charge < -0.3 is 20.2 Å². The van der Waals surface area contributed by atoms with Crippen LogP contribution < -0.4 is 11.1 Å². The van der Waals surface area contributed by atoms with Gasteiger partial charge >= 0.3 is 0 Å². The molecule has 1 fully saturated rings. The highest BCUT2D eigenvalue weighted by Crippen LogP contribution is 2.31. The Bertz CT molecular complexity index is 782. The average molecular weight is 342 g/mol. The van der Waals surface area contributed by atoms with Gasteiger partial charge in [-0.15, -0.1) is 0 Å². The number of primary amides is 1. The summed E-state index contributed by atoms with van der Waals surface area (Å²) in [6.45, 7) is 4.05. The first-order chi connectivity index (χ1) is 12.0. The van der Waals surface area contributed by atoms with E-state index in [4.69, 9.17) is 14.9 Å². The van der Waals surface area contributed by atoms with Gasteiger partial charge in [0.05, 0.1) is 11.7 Å². The van der Waals surface area contributed by atoms with E-state index >= 15 is 0 Å². The van der Waals surface area contributed by atoms with Crippen LogP contribution in [-0.2, 0) is 9.53 Å². The summed E-state index contributed by atoms with van der Waals surface area (Å²) in [6.07, 6.45) is 0.535. The summed E-state index contributed by atoms with van der Waals surface area (Å²) in [7, 11) is 0. The molecule has 2 amide bonds. The Hall–Kier alpha value is -2.60. The molecule has 0 saturated carbocycles. The van der Waals surface area contributed by atoms with Gasteiger partial charge in [0.15, 0.2) is 0 Å². The highest BCUT2D eigenvalue weighted by Gasteiger charge is 2.30. The molecular formula is C19H22N2O4. The van der Waals surface area contributed by atoms with Crippen LogP contribution in [0.1, 0.15) is 34.5 Å². The van der Waals surface area contributed by atoms with Crippen molar-refractivity contribution in [2.75, 3.05) is 6.54 Å². The number of ether oxygens (including phenoxy) is 1. The average Bonchev–Trinajstić information content (AvgIpc) is 3.19. The van der Waals surface area contributed by atoms with Crippen molar-refractivity contribution >= 4 is 11.8 Å². The Morgan fingerprint density at radius 1 is 1.20 bits per heavy atom. The zero-order valence-corrected chi connectivity index (χ0v) is 14.4. The largest absolute Gasteiger partial charge is 0.460 e. The minimum Gasteiger partial charge on any atom is -0.460 e. The normalized spacial score (nSPS) is 19.8. The van der Waals surface area contributed by atoms with Crippen LogP contribution in [0.25, 0.3) is 11.3 Å². The lowest BCUT2D eigenvalue weighted by Crippen LogP contribution is -2.34. The number of hydrogen-bond acceptors (Lipinski definition) is 4. The quantitative estimate of drug-likeness (QED) is 0.872. The molecule has 1 aliphatic heterocycles. The summed E-state index contributed by atoms with van der Waals surface area (Å²) < 4.78 is 11.4. The van der Waals surface area contributed by atoms with Crippen molar-refractivity contribution in [1.29, 1.82) is 0 Å². The van der Waals surface area contributed by atoms with Gasteiger partial charge in [0, 0.05) is 17.7 Å². The zero-order valence-electron chi connectivity index (χ0n) is 14.4. The maximum absolute atomic E-state index is 12.7. The van der Waals surface area contributed by atoms with Crippen LogP contribution in [0.2, 0.25) is 0 Å². The van der Waals surface area contributed by atoms with E-state index in [2.05, 4.69) is 5.32 Å². The van der Waals surface area contributed by atoms with Crippen LogP contribution in [0.15, 0.2) is 34.7 Å². The van der Waals surface area contributed by atoms with Gasteiger partial charge in [-0.25, -0.2) is 0 Å². The highest BCUT2D eigenvalue weighted by molar-refractivity contribution is 6.01. The van der Waals surface area contributed by atoms with Crippen molar-refractivity contribution in [2.45, 2.75) is 38.9 Å². The molecule has 0 spiro atoms. The number of rotatable bonds is 5. The second-order valence-corrected chi connectivity index (χ2v) is 6.29. The Morgan fingerprint density at radius 2 is 1.92 bits per heavy atom. The lowest BCUT2D eigenvalue weighted by atomic mass is 10.0. The Morgan fingerprint density at radius 3 is 2.56 bits per heavy atom. The molecule has 0 radical (unpaired) electrons. The molecule has 2 heterocycles. The third-order valence-corrected chi connectivity index (χ3v) is 4.56. The van der Waals surface area contributed by atoms with Gasteiger partial charge in [0.25, 0.3) is 5.91 Å². The third kappa shape index (κ3) is 3.58. The number of nitrogens with two attached hydrogens (primary N) is 1. The molecular weight excluding hydrogens is 320 g/mol. The topological polar surface area (TPSA) is 94.6 Å². The van der Waals surface area contributed by atoms with E-state index in [9.17, 15) is 9.59 Å². The fourth-order valence-electron chi connectivity index (χ4n) is 3.05. The summed E-state index contributed by atoms with van der Waals surface area (Å²) in [5.74, 6) is 0.617. The molecule has 2 aromatic rings. The van der Waals surface area contributed by atoms with Gasteiger partial charge in [0.2, 0.25) is 5.91 Å². The van der Waals surface area contributed by atoms with E-state index in [0.29, 0.717) is 30.7 Å². The molecule has 0 unspecified atom stereocenters. The van der Waals surface area contributed by atoms with Gasteiger partial charge in [-0.2, -0.15) is 0 Å². The van der Waals surface area contributed by atoms with Crippen molar-refractivity contribution < 1.29 is 18.7 Å². The molecule has 6 heteroatoms. The second-order valence-electron chi connectivity index (χ2n) is 6.29. The molecule has 1 aliphatic rings. The van der Waals surface area contributed by atoms with Crippen molar-refractivity contribution in [2.24, 2.45) is 5.73 Å². The summed E-state index contributed by atoms with van der Waals surface area (Å²) >= 11 is 0. The molecule has 3 rings (SSSR count). The Kier molecular flexibility index (Phi) is 4.90. The van der Waals surface area contributed by atoms with E-state index < -0.39 is 12.0 Å². The lowest BCUT2D eigenvalue weighted by Gasteiger charge is -2.13. The molecule has 25 heavy (non-hydrogen) atoms. The van der Waals surface area contributed by atoms with E-state index in [1.54, 1.807) is 0 Å². The van der Waals surface area contributed by atoms with Crippen LogP contribution >= 0.6 is 0 Å². The summed E-state index contributed by atoms with van der Waals surface area (Å²) in [6, 6.07) is 9.54. The molecule has 132 valence electrons. The maximum atomic E-state index is 12.7. The number of benzene rings is 1. The summed E-state index contributed by atoms with van der Waals surface area (Å²) in [5, 5.41) is 2.89. The molecule has 1 saturated heterocycles. The van der Waals surface area contributed by atoms with Crippen molar-refractivity contribution in [1.82, 2.24) is 5.32 Å². The zero-order chi connectivity index (χ0) is 18.0. The molecule has 1 aromatic carbocycles. The lowest BCUT2D eigenvalue weighted by molar-refractivity contribution is -0.128. The van der Waals surface area contributed by atoms with Crippen molar-refractivity contribution in [3.8, 4) is 11.3 Å². The van der Waals surface area contributed by atoms with Crippen LogP contribution in [0, 0.1) is 13.8 Å². The number of amides is 2. The molecule has 2 atom stereocenters. The standard InChI is InChI=1S/C19H22N2O4/c1-11-12(2)24-17(13-6-4-3-5-7-13)16(11)19(23)21-10-14-8-9-15(25-14)18(20)22/h3-7,14-15H,8-10H2,1-2H3,(H2,20,22)(H,21,23)/t14-,15-/m0/s1. The van der Waals surface area contributed by atoms with E-state index in [0.717, 1.165) is 16.9 Å². The minimum absolute atomic E-state index is 0.199. The first kappa shape index (κ1) is 17.2. The number of nitrogens with one attached hydrogen (secondary N) is 1. The van der Waals surface area contributed by atoms with E-state index in [1.807, 2.05) is 44.2 Å². The van der Waals surface area contributed by atoms with Gasteiger partial charge in [-0.1, -0.05) is 30.3 Å². The van der Waals surface area contributed by atoms with E-state index in [1.165, 1.54) is 0 Å². The molecule has 6 nitrogen and oxygen atoms in total. The highest BCUT2D eigenvalue weighted by atomic mass is 16.5. The number of hydrogen-bond donors (Lipinski definition) is 2. The van der Waals surface area contributed by atoms with Crippen LogP contribution in [0.3, 0.4) is 0 Å². The second kappa shape index (κ2) is 7.11. The van der Waals surface area contributed by atoms with Gasteiger partial charge in [0.1, 0.15) is 17.6 Å². The van der Waals surface area contributed by atoms with Crippen LogP contribution in [0.4, 0.5) is 0 Å². The maximum Gasteiger partial charge on any atom is 0.255 e. The third-order valence-electron chi connectivity index (χ3n) is 4.56. The predicted octanol–water partition coefficient (Wildman–Crippen LogP) is 2.33. The summed E-state index contributed by atoms with van der Waals surface area (Å²) in [4.78, 5) is 23.9. The van der Waals surface area contributed by atoms with E-state index in [-0.39, 0.29) is 12.0 Å². The molecule has 0 bridgehead atoms. The van der Waals surface area contributed by atoms with Crippen molar-refractivity contribution in [3.05, 3.63) is 47.2 Å². The van der Waals surface area contributed by atoms with Crippen molar-refractivity contribution in [3.63, 3.8) is 0 Å². The number of aryl methyl sites for hydroxylation is 1. The Balaban J connectivity index is 1.73. The fraction of sp³-hybridized carbons (Fsp3) is 0.368. The Labute approximate surface area is 146 Å². The fourth-order valence-corrected chi connectivity index (χ4v) is 3.05. The molecule has 3 N–H and O–H groups in total.